The maximum absolute atomic E-state index is 10.7. The van der Waals surface area contributed by atoms with Gasteiger partial charge in [0.05, 0.1) is 13.3 Å². The van der Waals surface area contributed by atoms with Crippen molar-refractivity contribution < 1.29 is 72.9 Å². The Labute approximate surface area is 118 Å². The minimum atomic E-state index is -5.94. The van der Waals surface area contributed by atoms with Crippen LogP contribution >= 0.6 is 0 Å². The molecule has 0 saturated carbocycles. The van der Waals surface area contributed by atoms with Crippen molar-refractivity contribution in [3.05, 3.63) is 18.2 Å². The van der Waals surface area contributed by atoms with Gasteiger partial charge in [0.15, 0.2) is 5.69 Å². The fourth-order valence-corrected chi connectivity index (χ4v) is 0.449. The van der Waals surface area contributed by atoms with Gasteiger partial charge in [-0.15, -0.1) is 5.10 Å². The maximum Gasteiger partial charge on any atom is 1.00 e. The molecule has 16 heavy (non-hydrogen) atoms. The van der Waals surface area contributed by atoms with Crippen LogP contribution in [0.25, 0.3) is 0 Å². The van der Waals surface area contributed by atoms with Gasteiger partial charge in [0.25, 0.3) is 0 Å². The molecule has 0 N–H and O–H groups in total. The summed E-state index contributed by atoms with van der Waals surface area (Å²) < 4.78 is 38.8. The molecule has 0 atom stereocenters. The molecule has 1 heterocycles. The van der Waals surface area contributed by atoms with Gasteiger partial charge in [0.1, 0.15) is 26.4 Å². The van der Waals surface area contributed by atoms with E-state index in [0.717, 1.165) is 0 Å². The minimum Gasteiger partial charge on any atom is -0.464 e. The molecule has 1 aromatic rings. The van der Waals surface area contributed by atoms with Crippen molar-refractivity contribution in [3.8, 4) is 0 Å². The molecule has 0 amide bonds. The smallest absolute Gasteiger partial charge is 0.464 e. The molecular formula is C5H5IN3NaO6. The summed E-state index contributed by atoms with van der Waals surface area (Å²) in [6.45, 7) is 0. The number of methoxy groups -OCH3 is 1. The monoisotopic (exact) mass is 353 g/mol. The van der Waals surface area contributed by atoms with Crippen LogP contribution in [0.15, 0.2) is 12.5 Å². The van der Waals surface area contributed by atoms with E-state index in [0.29, 0.717) is 0 Å². The predicted octanol–water partition coefficient (Wildman–Crippen LogP) is -11.1. The van der Waals surface area contributed by atoms with E-state index < -0.39 is 26.1 Å². The topological polar surface area (TPSA) is 157 Å². The van der Waals surface area contributed by atoms with Gasteiger partial charge in [0.2, 0.25) is 0 Å². The summed E-state index contributed by atoms with van der Waals surface area (Å²) in [5, 5.41) is 6.83. The second-order valence-corrected chi connectivity index (χ2v) is 4.02. The zero-order valence-corrected chi connectivity index (χ0v) is 12.5. The van der Waals surface area contributed by atoms with E-state index in [1.54, 1.807) is 0 Å². The SMILES string of the molecule is COC(=O)c1cnncn1.[Na+].[O-][I+3]([O-])([O-])[O-]. The summed E-state index contributed by atoms with van der Waals surface area (Å²) >= 11 is -5.94. The molecule has 9 nitrogen and oxygen atoms in total. The van der Waals surface area contributed by atoms with Crippen molar-refractivity contribution in [2.75, 3.05) is 7.11 Å². The van der Waals surface area contributed by atoms with Gasteiger partial charge in [-0.25, -0.2) is 9.78 Å². The molecular weight excluding hydrogens is 348 g/mol. The zero-order chi connectivity index (χ0) is 11.9. The number of aromatic nitrogens is 3. The Morgan fingerprint density at radius 1 is 1.31 bits per heavy atom. The van der Waals surface area contributed by atoms with Gasteiger partial charge in [0, 0.05) is 0 Å². The van der Waals surface area contributed by atoms with Crippen LogP contribution in [0, 0.1) is 0 Å². The van der Waals surface area contributed by atoms with Crippen LogP contribution in [-0.2, 0) is 4.74 Å². The van der Waals surface area contributed by atoms with Crippen molar-refractivity contribution >= 4 is 5.97 Å². The molecule has 1 aromatic heterocycles. The van der Waals surface area contributed by atoms with E-state index in [9.17, 15) is 4.79 Å². The Morgan fingerprint density at radius 2 is 1.81 bits per heavy atom. The average molecular weight is 353 g/mol. The molecule has 0 fully saturated rings. The summed E-state index contributed by atoms with van der Waals surface area (Å²) in [5.74, 6) is -0.505. The molecule has 0 aliphatic carbocycles. The molecule has 0 aliphatic heterocycles. The normalized spacial score (nSPS) is 9.31. The number of hydrogen-bond donors (Lipinski definition) is 0. The first-order valence-electron chi connectivity index (χ1n) is 3.17. The van der Waals surface area contributed by atoms with Crippen molar-refractivity contribution in [2.45, 2.75) is 0 Å². The van der Waals surface area contributed by atoms with Gasteiger partial charge < -0.3 is 4.74 Å². The third-order valence-corrected chi connectivity index (χ3v) is 0.890. The molecule has 0 radical (unpaired) electrons. The van der Waals surface area contributed by atoms with Crippen LogP contribution in [0.4, 0.5) is 0 Å². The fourth-order valence-electron chi connectivity index (χ4n) is 0.449. The fraction of sp³-hybridized carbons (Fsp3) is 0.200. The quantitative estimate of drug-likeness (QED) is 0.271. The van der Waals surface area contributed by atoms with E-state index in [1.807, 2.05) is 0 Å². The molecule has 0 aliphatic rings. The molecule has 11 heteroatoms. The van der Waals surface area contributed by atoms with Crippen molar-refractivity contribution in [3.63, 3.8) is 0 Å². The molecule has 0 aromatic carbocycles. The summed E-state index contributed by atoms with van der Waals surface area (Å²) in [6, 6.07) is 0. The van der Waals surface area contributed by atoms with Crippen LogP contribution in [0.5, 0.6) is 0 Å². The van der Waals surface area contributed by atoms with Gasteiger partial charge in [-0.05, 0) is 0 Å². The van der Waals surface area contributed by atoms with E-state index in [4.69, 9.17) is 13.7 Å². The number of carbonyl (C=O) groups excluding carboxylic acids is 1. The van der Waals surface area contributed by atoms with Crippen LogP contribution in [0.1, 0.15) is 10.5 Å². The van der Waals surface area contributed by atoms with Gasteiger partial charge in [-0.1, -0.05) is 0 Å². The number of rotatable bonds is 1. The molecule has 0 saturated heterocycles. The first-order chi connectivity index (χ1) is 6.84. The molecule has 0 bridgehead atoms. The Kier molecular flexibility index (Phi) is 10.5. The number of hydrogen-bond acceptors (Lipinski definition) is 9. The minimum absolute atomic E-state index is 0. The Morgan fingerprint density at radius 3 is 2.12 bits per heavy atom. The van der Waals surface area contributed by atoms with Crippen LogP contribution < -0.4 is 63.4 Å². The number of carbonyl (C=O) groups is 1. The van der Waals surface area contributed by atoms with Crippen molar-refractivity contribution in [1.82, 2.24) is 15.2 Å². The number of esters is 1. The number of halogens is 1. The second-order valence-electron chi connectivity index (χ2n) is 1.86. The summed E-state index contributed by atoms with van der Waals surface area (Å²) in [5.41, 5.74) is 0.164. The first kappa shape index (κ1) is 18.4. The molecule has 0 unspecified atom stereocenters. The number of nitrogens with zero attached hydrogens (tertiary/aromatic N) is 3. The second kappa shape index (κ2) is 9.12. The maximum atomic E-state index is 10.7. The third-order valence-electron chi connectivity index (χ3n) is 0.890. The summed E-state index contributed by atoms with van der Waals surface area (Å²) in [6.07, 6.45) is 2.43. The van der Waals surface area contributed by atoms with Crippen molar-refractivity contribution in [1.29, 1.82) is 0 Å². The number of ether oxygens (including phenoxy) is 1. The summed E-state index contributed by atoms with van der Waals surface area (Å²) in [4.78, 5) is 14.3. The molecule has 1 rings (SSSR count). The standard InChI is InChI=1S/C5H5N3O2.IO4.Na/c1-10-5(9)4-2-7-8-3-6-4;2-1(3,4)5;/h2-3H,1H3;;/q;-1;+1. The van der Waals surface area contributed by atoms with Gasteiger partial charge in [-0.2, -0.15) is 5.10 Å². The average Bonchev–Trinajstić information content (AvgIpc) is 2.15. The van der Waals surface area contributed by atoms with E-state index in [2.05, 4.69) is 19.9 Å². The molecule has 84 valence electrons. The predicted molar refractivity (Wildman–Crippen MR) is 31.2 cm³/mol. The largest absolute Gasteiger partial charge is 1.00 e. The van der Waals surface area contributed by atoms with E-state index in [1.165, 1.54) is 19.6 Å². The molecule has 0 spiro atoms. The van der Waals surface area contributed by atoms with Gasteiger partial charge in [-0.3, -0.25) is 13.7 Å². The first-order valence-corrected chi connectivity index (χ1v) is 6.69. The third kappa shape index (κ3) is 12.1. The Hall–Kier alpha value is 0.0500. The Bertz CT molecular complexity index is 301. The van der Waals surface area contributed by atoms with E-state index in [-0.39, 0.29) is 35.3 Å². The van der Waals surface area contributed by atoms with Gasteiger partial charge >= 0.3 is 35.5 Å². The summed E-state index contributed by atoms with van der Waals surface area (Å²) in [7, 11) is 1.28. The Balaban J connectivity index is 0. The van der Waals surface area contributed by atoms with Crippen LogP contribution in [0.3, 0.4) is 0 Å². The van der Waals surface area contributed by atoms with Crippen molar-refractivity contribution in [2.24, 2.45) is 0 Å². The van der Waals surface area contributed by atoms with Crippen LogP contribution in [-0.4, -0.2) is 28.3 Å². The zero-order valence-electron chi connectivity index (χ0n) is 8.32. The van der Waals surface area contributed by atoms with Crippen LogP contribution in [0.2, 0.25) is 0 Å². The van der Waals surface area contributed by atoms with E-state index >= 15 is 0 Å².